The molecule has 0 aliphatic carbocycles. The van der Waals surface area contributed by atoms with Gasteiger partial charge in [0.2, 0.25) is 0 Å². The van der Waals surface area contributed by atoms with E-state index in [-0.39, 0.29) is 12.3 Å². The Balaban J connectivity index is 1.93. The van der Waals surface area contributed by atoms with Gasteiger partial charge in [-0.2, -0.15) is 0 Å². The van der Waals surface area contributed by atoms with Gasteiger partial charge in [0.1, 0.15) is 6.04 Å². The smallest absolute Gasteiger partial charge is 0.326 e. The molecule has 0 bridgehead atoms. The molecule has 0 fully saturated rings. The zero-order chi connectivity index (χ0) is 18.1. The highest BCUT2D eigenvalue weighted by molar-refractivity contribution is 6.35. The minimum absolute atomic E-state index is 0.156. The number of carbonyl (C=O) groups is 2. The van der Waals surface area contributed by atoms with Crippen LogP contribution >= 0.6 is 34.8 Å². The number of aliphatic carboxylic acids is 1. The van der Waals surface area contributed by atoms with Crippen LogP contribution in [0.1, 0.15) is 28.4 Å². The molecule has 130 valence electrons. The van der Waals surface area contributed by atoms with E-state index in [1.54, 1.807) is 36.4 Å². The first-order chi connectivity index (χ1) is 11.8. The van der Waals surface area contributed by atoms with Gasteiger partial charge in [-0.1, -0.05) is 34.8 Å². The van der Waals surface area contributed by atoms with Crippen LogP contribution in [-0.4, -0.2) is 23.0 Å². The number of carbonyl (C=O) groups excluding carboxylic acids is 1. The fraction of sp³-hybridized carbons (Fsp3) is 0.176. The molecule has 0 spiro atoms. The van der Waals surface area contributed by atoms with E-state index in [0.29, 0.717) is 31.9 Å². The van der Waals surface area contributed by atoms with Crippen LogP contribution < -0.4 is 10.6 Å². The van der Waals surface area contributed by atoms with Crippen LogP contribution in [0.4, 0.5) is 5.69 Å². The van der Waals surface area contributed by atoms with Gasteiger partial charge in [0.25, 0.3) is 5.91 Å². The second-order valence-corrected chi connectivity index (χ2v) is 6.93. The number of anilines is 1. The summed E-state index contributed by atoms with van der Waals surface area (Å²) in [6, 6.07) is 8.14. The van der Waals surface area contributed by atoms with Gasteiger partial charge in [0.05, 0.1) is 6.04 Å². The Hall–Kier alpha value is -1.95. The molecule has 1 aliphatic rings. The minimum atomic E-state index is -1.02. The molecule has 2 aromatic carbocycles. The first-order valence-corrected chi connectivity index (χ1v) is 8.53. The lowest BCUT2D eigenvalue weighted by Gasteiger charge is -2.32. The molecule has 8 heteroatoms. The summed E-state index contributed by atoms with van der Waals surface area (Å²) in [5, 5.41) is 16.3. The predicted molar refractivity (Wildman–Crippen MR) is 97.8 cm³/mol. The zero-order valence-electron chi connectivity index (χ0n) is 12.7. The lowest BCUT2D eigenvalue weighted by molar-refractivity contribution is -0.138. The molecule has 0 saturated carbocycles. The molecule has 25 heavy (non-hydrogen) atoms. The molecule has 5 nitrogen and oxygen atoms in total. The molecule has 1 amide bonds. The van der Waals surface area contributed by atoms with Crippen molar-refractivity contribution in [1.82, 2.24) is 5.32 Å². The standard InChI is InChI=1S/C17H13Cl3N2O3/c18-9-3-1-8(2-4-9)16(23)22-13-7-14(17(24)25)21-12-6-10(19)5-11(20)15(12)13/h1-6,13-14,21H,7H2,(H,22,23)(H,24,25)/t13-,14+/m1/s1. The van der Waals surface area contributed by atoms with E-state index in [2.05, 4.69) is 10.6 Å². The summed E-state index contributed by atoms with van der Waals surface area (Å²) in [5.74, 6) is -1.36. The van der Waals surface area contributed by atoms with Crippen LogP contribution in [0.3, 0.4) is 0 Å². The SMILES string of the molecule is O=C(N[C@@H]1C[C@@H](C(=O)O)Nc2cc(Cl)cc(Cl)c21)c1ccc(Cl)cc1. The van der Waals surface area contributed by atoms with Crippen molar-refractivity contribution in [3.8, 4) is 0 Å². The number of carboxylic acids is 1. The third-order valence-electron chi connectivity index (χ3n) is 3.95. The maximum Gasteiger partial charge on any atom is 0.326 e. The number of hydrogen-bond donors (Lipinski definition) is 3. The molecule has 2 aromatic rings. The molecule has 3 N–H and O–H groups in total. The highest BCUT2D eigenvalue weighted by atomic mass is 35.5. The Morgan fingerprint density at radius 3 is 2.40 bits per heavy atom. The molecular weight excluding hydrogens is 387 g/mol. The van der Waals surface area contributed by atoms with Crippen molar-refractivity contribution in [2.24, 2.45) is 0 Å². The second kappa shape index (κ2) is 7.12. The minimum Gasteiger partial charge on any atom is -0.480 e. The van der Waals surface area contributed by atoms with E-state index in [0.717, 1.165) is 0 Å². The zero-order valence-corrected chi connectivity index (χ0v) is 15.0. The van der Waals surface area contributed by atoms with Gasteiger partial charge in [-0.3, -0.25) is 4.79 Å². The summed E-state index contributed by atoms with van der Waals surface area (Å²) >= 11 is 18.1. The molecule has 1 aliphatic heterocycles. The van der Waals surface area contributed by atoms with Gasteiger partial charge in [-0.05, 0) is 36.4 Å². The summed E-state index contributed by atoms with van der Waals surface area (Å²) in [4.78, 5) is 23.9. The molecule has 0 unspecified atom stereocenters. The summed E-state index contributed by atoms with van der Waals surface area (Å²) < 4.78 is 0. The third-order valence-corrected chi connectivity index (χ3v) is 4.74. The largest absolute Gasteiger partial charge is 0.480 e. The quantitative estimate of drug-likeness (QED) is 0.715. The molecule has 0 radical (unpaired) electrons. The molecular formula is C17H13Cl3N2O3. The first kappa shape index (κ1) is 17.9. The third kappa shape index (κ3) is 3.84. The number of nitrogens with one attached hydrogen (secondary N) is 2. The predicted octanol–water partition coefficient (Wildman–Crippen LogP) is 4.39. The van der Waals surface area contributed by atoms with Crippen LogP contribution in [0, 0.1) is 0 Å². The number of fused-ring (bicyclic) bond motifs is 1. The second-order valence-electron chi connectivity index (χ2n) is 5.65. The van der Waals surface area contributed by atoms with Crippen molar-refractivity contribution >= 4 is 52.4 Å². The maximum absolute atomic E-state index is 12.5. The van der Waals surface area contributed by atoms with Crippen LogP contribution in [0.5, 0.6) is 0 Å². The monoisotopic (exact) mass is 398 g/mol. The van der Waals surface area contributed by atoms with Crippen molar-refractivity contribution in [1.29, 1.82) is 0 Å². The lowest BCUT2D eigenvalue weighted by Crippen LogP contribution is -2.41. The normalized spacial score (nSPS) is 18.8. The summed E-state index contributed by atoms with van der Waals surface area (Å²) in [5.41, 5.74) is 1.53. The van der Waals surface area contributed by atoms with E-state index in [1.165, 1.54) is 0 Å². The number of amides is 1. The summed E-state index contributed by atoms with van der Waals surface area (Å²) in [6.07, 6.45) is 0.156. The van der Waals surface area contributed by atoms with Gasteiger partial charge in [0.15, 0.2) is 0 Å². The maximum atomic E-state index is 12.5. The average molecular weight is 400 g/mol. The fourth-order valence-electron chi connectivity index (χ4n) is 2.80. The van der Waals surface area contributed by atoms with Crippen molar-refractivity contribution < 1.29 is 14.7 Å². The lowest BCUT2D eigenvalue weighted by atomic mass is 9.92. The molecule has 0 aromatic heterocycles. The van der Waals surface area contributed by atoms with Crippen LogP contribution in [-0.2, 0) is 4.79 Å². The van der Waals surface area contributed by atoms with Gasteiger partial charge < -0.3 is 15.7 Å². The molecule has 3 rings (SSSR count). The number of halogens is 3. The van der Waals surface area contributed by atoms with Crippen molar-refractivity contribution in [2.45, 2.75) is 18.5 Å². The topological polar surface area (TPSA) is 78.4 Å². The van der Waals surface area contributed by atoms with Gasteiger partial charge in [0, 0.05) is 38.3 Å². The molecule has 1 heterocycles. The highest BCUT2D eigenvalue weighted by Gasteiger charge is 2.33. The fourth-order valence-corrected chi connectivity index (χ4v) is 3.55. The van der Waals surface area contributed by atoms with E-state index < -0.39 is 18.1 Å². The Bertz CT molecular complexity index is 840. The number of benzene rings is 2. The Morgan fingerprint density at radius 2 is 1.76 bits per heavy atom. The van der Waals surface area contributed by atoms with Crippen LogP contribution in [0.15, 0.2) is 36.4 Å². The Kier molecular flexibility index (Phi) is 5.08. The van der Waals surface area contributed by atoms with Crippen molar-refractivity contribution in [2.75, 3.05) is 5.32 Å². The first-order valence-electron chi connectivity index (χ1n) is 7.40. The van der Waals surface area contributed by atoms with Gasteiger partial charge in [-0.15, -0.1) is 0 Å². The van der Waals surface area contributed by atoms with Crippen molar-refractivity contribution in [3.63, 3.8) is 0 Å². The van der Waals surface area contributed by atoms with Gasteiger partial charge in [-0.25, -0.2) is 4.79 Å². The van der Waals surface area contributed by atoms with Crippen LogP contribution in [0.25, 0.3) is 0 Å². The van der Waals surface area contributed by atoms with E-state index >= 15 is 0 Å². The number of carboxylic acid groups (broad SMARTS) is 1. The average Bonchev–Trinajstić information content (AvgIpc) is 2.54. The summed E-state index contributed by atoms with van der Waals surface area (Å²) in [6.45, 7) is 0. The molecule has 2 atom stereocenters. The van der Waals surface area contributed by atoms with Crippen molar-refractivity contribution in [3.05, 3.63) is 62.6 Å². The van der Waals surface area contributed by atoms with E-state index in [9.17, 15) is 14.7 Å². The Labute approximate surface area is 158 Å². The van der Waals surface area contributed by atoms with Gasteiger partial charge >= 0.3 is 5.97 Å². The number of hydrogen-bond acceptors (Lipinski definition) is 3. The summed E-state index contributed by atoms with van der Waals surface area (Å²) in [7, 11) is 0. The highest BCUT2D eigenvalue weighted by Crippen LogP contribution is 2.40. The molecule has 0 saturated heterocycles. The van der Waals surface area contributed by atoms with E-state index in [4.69, 9.17) is 34.8 Å². The van der Waals surface area contributed by atoms with Crippen LogP contribution in [0.2, 0.25) is 15.1 Å². The Morgan fingerprint density at radius 1 is 1.08 bits per heavy atom. The number of rotatable bonds is 3. The van der Waals surface area contributed by atoms with E-state index in [1.807, 2.05) is 0 Å².